The molecule has 6 heteroatoms. The third-order valence-corrected chi connectivity index (χ3v) is 5.53. The molecule has 0 radical (unpaired) electrons. The van der Waals surface area contributed by atoms with Crippen LogP contribution in [-0.4, -0.2) is 50.9 Å². The molecule has 4 rings (SSSR count). The first kappa shape index (κ1) is 16.3. The van der Waals surface area contributed by atoms with E-state index in [9.17, 15) is 4.79 Å². The third-order valence-electron chi connectivity index (χ3n) is 5.53. The summed E-state index contributed by atoms with van der Waals surface area (Å²) in [5.74, 6) is 0.487. The zero-order chi connectivity index (χ0) is 17.4. The first-order valence-corrected chi connectivity index (χ1v) is 8.89. The molecular weight excluding hydrogens is 316 g/mol. The molecule has 25 heavy (non-hydrogen) atoms. The molecule has 0 unspecified atom stereocenters. The Bertz CT molecular complexity index is 760. The predicted octanol–water partition coefficient (Wildman–Crippen LogP) is 2.30. The average molecular weight is 340 g/mol. The van der Waals surface area contributed by atoms with Gasteiger partial charge < -0.3 is 9.64 Å². The maximum absolute atomic E-state index is 12.6. The van der Waals surface area contributed by atoms with Crippen LogP contribution in [0.15, 0.2) is 30.7 Å². The van der Waals surface area contributed by atoms with E-state index in [1.807, 2.05) is 41.9 Å². The van der Waals surface area contributed by atoms with E-state index in [0.29, 0.717) is 11.5 Å². The third kappa shape index (κ3) is 3.18. The standard InChI is InChI=1S/C19H24N4O2/c1-14-3-4-15(10-20-14)18(24)23-7-5-19(6-8-23)9-16(13-25-19)17-11-21-22(2)12-17/h3-4,10-12,16H,5-9,13H2,1-2H3/t16-/m0/s1. The number of piperidine rings is 1. The van der Waals surface area contributed by atoms with Gasteiger partial charge in [0, 0.05) is 44.1 Å². The van der Waals surface area contributed by atoms with Crippen molar-refractivity contribution in [1.29, 1.82) is 0 Å². The molecule has 0 aliphatic carbocycles. The lowest BCUT2D eigenvalue weighted by Crippen LogP contribution is -2.46. The van der Waals surface area contributed by atoms with Crippen LogP contribution < -0.4 is 0 Å². The molecule has 0 saturated carbocycles. The maximum Gasteiger partial charge on any atom is 0.255 e. The first-order chi connectivity index (χ1) is 12.0. The molecule has 2 aliphatic rings. The summed E-state index contributed by atoms with van der Waals surface area (Å²) in [6, 6.07) is 3.75. The summed E-state index contributed by atoms with van der Waals surface area (Å²) in [6.07, 6.45) is 8.51. The summed E-state index contributed by atoms with van der Waals surface area (Å²) < 4.78 is 8.06. The van der Waals surface area contributed by atoms with Gasteiger partial charge in [-0.25, -0.2) is 0 Å². The SMILES string of the molecule is Cc1ccc(C(=O)N2CCC3(CC2)C[C@H](c2cnn(C)c2)CO3)cn1. The Kier molecular flexibility index (Phi) is 4.07. The summed E-state index contributed by atoms with van der Waals surface area (Å²) in [4.78, 5) is 18.8. The number of ether oxygens (including phenoxy) is 1. The molecule has 2 saturated heterocycles. The molecule has 2 aliphatic heterocycles. The predicted molar refractivity (Wildman–Crippen MR) is 93.4 cm³/mol. The summed E-state index contributed by atoms with van der Waals surface area (Å²) in [5.41, 5.74) is 2.77. The van der Waals surface area contributed by atoms with Gasteiger partial charge in [0.1, 0.15) is 0 Å². The largest absolute Gasteiger partial charge is 0.374 e. The molecule has 0 aromatic carbocycles. The van der Waals surface area contributed by atoms with Gasteiger partial charge in [0.15, 0.2) is 0 Å². The molecule has 0 N–H and O–H groups in total. The summed E-state index contributed by atoms with van der Waals surface area (Å²) in [6.45, 7) is 4.16. The summed E-state index contributed by atoms with van der Waals surface area (Å²) in [5, 5.41) is 4.27. The summed E-state index contributed by atoms with van der Waals surface area (Å²) in [7, 11) is 1.94. The zero-order valence-corrected chi connectivity index (χ0v) is 14.8. The van der Waals surface area contributed by atoms with Gasteiger partial charge in [-0.3, -0.25) is 14.5 Å². The van der Waals surface area contributed by atoms with Crippen LogP contribution in [-0.2, 0) is 11.8 Å². The van der Waals surface area contributed by atoms with Crippen molar-refractivity contribution < 1.29 is 9.53 Å². The van der Waals surface area contributed by atoms with E-state index in [1.54, 1.807) is 6.20 Å². The number of aryl methyl sites for hydroxylation is 2. The molecule has 1 spiro atoms. The molecule has 6 nitrogen and oxygen atoms in total. The quantitative estimate of drug-likeness (QED) is 0.842. The molecular formula is C19H24N4O2. The van der Waals surface area contributed by atoms with Gasteiger partial charge >= 0.3 is 0 Å². The number of nitrogens with zero attached hydrogens (tertiary/aromatic N) is 4. The Morgan fingerprint density at radius 3 is 2.72 bits per heavy atom. The molecule has 132 valence electrons. The normalized spacial score (nSPS) is 22.5. The van der Waals surface area contributed by atoms with E-state index in [2.05, 4.69) is 16.3 Å². The first-order valence-electron chi connectivity index (χ1n) is 8.89. The fourth-order valence-corrected chi connectivity index (χ4v) is 3.95. The Hall–Kier alpha value is -2.21. The maximum atomic E-state index is 12.6. The second-order valence-electron chi connectivity index (χ2n) is 7.32. The van der Waals surface area contributed by atoms with Crippen molar-refractivity contribution >= 4 is 5.91 Å². The minimum Gasteiger partial charge on any atom is -0.374 e. The molecule has 0 bridgehead atoms. The van der Waals surface area contributed by atoms with Gasteiger partial charge in [0.2, 0.25) is 0 Å². The highest BCUT2D eigenvalue weighted by Crippen LogP contribution is 2.42. The van der Waals surface area contributed by atoms with Crippen molar-refractivity contribution in [1.82, 2.24) is 19.7 Å². The topological polar surface area (TPSA) is 60.2 Å². The molecule has 4 heterocycles. The van der Waals surface area contributed by atoms with Crippen molar-refractivity contribution in [3.05, 3.63) is 47.5 Å². The summed E-state index contributed by atoms with van der Waals surface area (Å²) >= 11 is 0. The highest BCUT2D eigenvalue weighted by Gasteiger charge is 2.44. The van der Waals surface area contributed by atoms with E-state index < -0.39 is 0 Å². The van der Waals surface area contributed by atoms with Crippen molar-refractivity contribution in [3.8, 4) is 0 Å². The zero-order valence-electron chi connectivity index (χ0n) is 14.8. The van der Waals surface area contributed by atoms with Crippen LogP contribution in [0.25, 0.3) is 0 Å². The van der Waals surface area contributed by atoms with Crippen LogP contribution in [0.1, 0.15) is 46.8 Å². The highest BCUT2D eigenvalue weighted by molar-refractivity contribution is 5.94. The molecule has 2 aromatic heterocycles. The van der Waals surface area contributed by atoms with E-state index in [-0.39, 0.29) is 11.5 Å². The lowest BCUT2D eigenvalue weighted by Gasteiger charge is -2.38. The number of pyridine rings is 1. The van der Waals surface area contributed by atoms with E-state index >= 15 is 0 Å². The number of hydrogen-bond acceptors (Lipinski definition) is 4. The highest BCUT2D eigenvalue weighted by atomic mass is 16.5. The van der Waals surface area contributed by atoms with Crippen molar-refractivity contribution in [2.75, 3.05) is 19.7 Å². The van der Waals surface area contributed by atoms with Gasteiger partial charge in [-0.15, -0.1) is 0 Å². The number of hydrogen-bond donors (Lipinski definition) is 0. The van der Waals surface area contributed by atoms with Crippen LogP contribution in [0, 0.1) is 6.92 Å². The number of aromatic nitrogens is 3. The lowest BCUT2D eigenvalue weighted by molar-refractivity contribution is -0.0388. The second kappa shape index (κ2) is 6.26. The number of carbonyl (C=O) groups excluding carboxylic acids is 1. The van der Waals surface area contributed by atoms with Crippen molar-refractivity contribution in [2.45, 2.75) is 37.7 Å². The number of rotatable bonds is 2. The molecule has 1 amide bonds. The van der Waals surface area contributed by atoms with Crippen molar-refractivity contribution in [3.63, 3.8) is 0 Å². The van der Waals surface area contributed by atoms with Gasteiger partial charge in [-0.1, -0.05) is 0 Å². The van der Waals surface area contributed by atoms with Crippen LogP contribution in [0.2, 0.25) is 0 Å². The Labute approximate surface area is 147 Å². The minimum absolute atomic E-state index is 0.0733. The van der Waals surface area contributed by atoms with Gasteiger partial charge in [-0.2, -0.15) is 5.10 Å². The molecule has 2 aromatic rings. The lowest BCUT2D eigenvalue weighted by atomic mass is 9.84. The number of likely N-dealkylation sites (tertiary alicyclic amines) is 1. The van der Waals surface area contributed by atoms with E-state index in [1.165, 1.54) is 5.56 Å². The monoisotopic (exact) mass is 340 g/mol. The minimum atomic E-state index is -0.0805. The van der Waals surface area contributed by atoms with E-state index in [4.69, 9.17) is 4.74 Å². The fourth-order valence-electron chi connectivity index (χ4n) is 3.95. The molecule has 2 fully saturated rings. The Balaban J connectivity index is 1.38. The van der Waals surface area contributed by atoms with Crippen molar-refractivity contribution in [2.24, 2.45) is 7.05 Å². The average Bonchev–Trinajstić information content (AvgIpc) is 3.23. The van der Waals surface area contributed by atoms with Crippen LogP contribution in [0.3, 0.4) is 0 Å². The van der Waals surface area contributed by atoms with Gasteiger partial charge in [0.05, 0.1) is 24.0 Å². The molecule has 1 atom stereocenters. The Morgan fingerprint density at radius 2 is 2.08 bits per heavy atom. The number of amides is 1. The smallest absolute Gasteiger partial charge is 0.255 e. The number of carbonyl (C=O) groups is 1. The van der Waals surface area contributed by atoms with Gasteiger partial charge in [0.25, 0.3) is 5.91 Å². The Morgan fingerprint density at radius 1 is 1.28 bits per heavy atom. The second-order valence-corrected chi connectivity index (χ2v) is 7.32. The van der Waals surface area contributed by atoms with Crippen LogP contribution in [0.5, 0.6) is 0 Å². The van der Waals surface area contributed by atoms with E-state index in [0.717, 1.165) is 44.7 Å². The van der Waals surface area contributed by atoms with Crippen LogP contribution in [0.4, 0.5) is 0 Å². The fraction of sp³-hybridized carbons (Fsp3) is 0.526. The van der Waals surface area contributed by atoms with Gasteiger partial charge in [-0.05, 0) is 43.9 Å². The van der Waals surface area contributed by atoms with Crippen LogP contribution >= 0.6 is 0 Å².